The van der Waals surface area contributed by atoms with Crippen LogP contribution in [0.1, 0.15) is 6.92 Å². The summed E-state index contributed by atoms with van der Waals surface area (Å²) < 4.78 is 52.6. The number of ether oxygens (including phenoxy) is 1. The fraction of sp³-hybridized carbons (Fsp3) is 0.714. The molecule has 0 aliphatic rings. The minimum atomic E-state index is -3.24. The van der Waals surface area contributed by atoms with Crippen molar-refractivity contribution in [2.75, 3.05) is 0 Å². The third-order valence-electron chi connectivity index (χ3n) is 1.26. The molecule has 72 valence electrons. The van der Waals surface area contributed by atoms with Crippen molar-refractivity contribution in [1.29, 1.82) is 0 Å². The lowest BCUT2D eigenvalue weighted by Crippen LogP contribution is -2.36. The zero-order valence-corrected chi connectivity index (χ0v) is 6.51. The molecule has 0 bridgehead atoms. The highest BCUT2D eigenvalue weighted by Gasteiger charge is 2.34. The average Bonchev–Trinajstić information content (AvgIpc) is 1.98. The summed E-state index contributed by atoms with van der Waals surface area (Å²) in [6.07, 6.45) is -8.69. The van der Waals surface area contributed by atoms with Gasteiger partial charge in [-0.1, -0.05) is 6.58 Å². The Hall–Kier alpha value is -0.740. The van der Waals surface area contributed by atoms with E-state index in [1.54, 1.807) is 0 Å². The summed E-state index contributed by atoms with van der Waals surface area (Å²) in [4.78, 5) is 0. The van der Waals surface area contributed by atoms with E-state index in [1.807, 2.05) is 0 Å². The van der Waals surface area contributed by atoms with Crippen molar-refractivity contribution in [2.24, 2.45) is 0 Å². The zero-order valence-electron chi connectivity index (χ0n) is 6.51. The molecule has 5 heteroatoms. The fourth-order valence-electron chi connectivity index (χ4n) is 0.691. The molecule has 0 N–H and O–H groups in total. The first kappa shape index (κ1) is 11.3. The van der Waals surface area contributed by atoms with Crippen molar-refractivity contribution in [2.45, 2.75) is 31.8 Å². The van der Waals surface area contributed by atoms with Crippen molar-refractivity contribution >= 4 is 0 Å². The summed E-state index contributed by atoms with van der Waals surface area (Å²) >= 11 is 0. The predicted molar refractivity (Wildman–Crippen MR) is 36.5 cm³/mol. The highest BCUT2D eigenvalue weighted by Crippen LogP contribution is 2.18. The van der Waals surface area contributed by atoms with E-state index >= 15 is 0 Å². The zero-order chi connectivity index (χ0) is 9.72. The van der Waals surface area contributed by atoms with E-state index in [-0.39, 0.29) is 0 Å². The van der Waals surface area contributed by atoms with Crippen LogP contribution in [0, 0.1) is 0 Å². The molecule has 1 nitrogen and oxygen atoms in total. The van der Waals surface area contributed by atoms with Crippen LogP contribution < -0.4 is 0 Å². The molecule has 0 saturated heterocycles. The van der Waals surface area contributed by atoms with Gasteiger partial charge in [0.15, 0.2) is 12.3 Å². The maximum atomic E-state index is 12.5. The van der Waals surface area contributed by atoms with Crippen LogP contribution in [0.2, 0.25) is 0 Å². The maximum absolute atomic E-state index is 12.5. The van der Waals surface area contributed by atoms with Gasteiger partial charge in [-0.05, 0) is 6.92 Å². The topological polar surface area (TPSA) is 9.23 Å². The number of hydrogen-bond donors (Lipinski definition) is 0. The van der Waals surface area contributed by atoms with Crippen LogP contribution in [0.15, 0.2) is 12.8 Å². The van der Waals surface area contributed by atoms with Crippen molar-refractivity contribution in [3.05, 3.63) is 12.8 Å². The molecule has 0 rings (SSSR count). The van der Waals surface area contributed by atoms with E-state index in [1.165, 1.54) is 0 Å². The summed E-state index contributed by atoms with van der Waals surface area (Å²) in [6.45, 7) is 3.97. The summed E-state index contributed by atoms with van der Waals surface area (Å²) in [6, 6.07) is 0. The van der Waals surface area contributed by atoms with Gasteiger partial charge in [-0.15, -0.1) is 0 Å². The first-order valence-corrected chi connectivity index (χ1v) is 3.33. The predicted octanol–water partition coefficient (Wildman–Crippen LogP) is 2.48. The van der Waals surface area contributed by atoms with Crippen LogP contribution in [0.5, 0.6) is 0 Å². The van der Waals surface area contributed by atoms with Gasteiger partial charge >= 0.3 is 0 Å². The van der Waals surface area contributed by atoms with Gasteiger partial charge in [-0.25, -0.2) is 17.6 Å². The quantitative estimate of drug-likeness (QED) is 0.473. The van der Waals surface area contributed by atoms with Crippen molar-refractivity contribution in [3.63, 3.8) is 0 Å². The number of alkyl halides is 4. The fourth-order valence-corrected chi connectivity index (χ4v) is 0.691. The first-order valence-electron chi connectivity index (χ1n) is 3.33. The Balaban J connectivity index is 4.18. The lowest BCUT2D eigenvalue weighted by atomic mass is 10.1. The summed E-state index contributed by atoms with van der Waals surface area (Å²) in [5.41, 5.74) is 0. The van der Waals surface area contributed by atoms with Gasteiger partial charge in [0.1, 0.15) is 6.17 Å². The van der Waals surface area contributed by atoms with Gasteiger partial charge in [-0.3, -0.25) is 0 Å². The highest BCUT2D eigenvalue weighted by molar-refractivity contribution is 4.78. The Kier molecular flexibility index (Phi) is 4.70. The van der Waals surface area contributed by atoms with Crippen LogP contribution in [0.3, 0.4) is 0 Å². The molecular weight excluding hydrogens is 176 g/mol. The summed E-state index contributed by atoms with van der Waals surface area (Å²) in [5.74, 6) is 0. The molecule has 3 atom stereocenters. The molecule has 0 radical (unpaired) electrons. The van der Waals surface area contributed by atoms with E-state index in [2.05, 4.69) is 11.3 Å². The maximum Gasteiger partial charge on any atom is 0.273 e. The summed E-state index contributed by atoms with van der Waals surface area (Å²) in [5, 5.41) is 0. The number of rotatable bonds is 5. The third-order valence-corrected chi connectivity index (χ3v) is 1.26. The van der Waals surface area contributed by atoms with E-state index in [4.69, 9.17) is 0 Å². The lowest BCUT2D eigenvalue weighted by Gasteiger charge is -2.20. The van der Waals surface area contributed by atoms with Crippen LogP contribution in [-0.4, -0.2) is 24.9 Å². The molecule has 0 aromatic carbocycles. The Morgan fingerprint density at radius 3 is 2.00 bits per heavy atom. The molecule has 0 aliphatic carbocycles. The standard InChI is InChI=1S/C7H10F4O/c1-3-12-6(4(2)8)5(9)7(10)11/h3-7H,1H2,2H3. The molecule has 0 fully saturated rings. The highest BCUT2D eigenvalue weighted by atomic mass is 19.3. The average molecular weight is 186 g/mol. The lowest BCUT2D eigenvalue weighted by molar-refractivity contribution is -0.0618. The van der Waals surface area contributed by atoms with Crippen LogP contribution in [-0.2, 0) is 4.74 Å². The van der Waals surface area contributed by atoms with E-state index < -0.39 is 24.9 Å². The molecule has 12 heavy (non-hydrogen) atoms. The second kappa shape index (κ2) is 5.00. The smallest absolute Gasteiger partial charge is 0.273 e. The van der Waals surface area contributed by atoms with Crippen molar-refractivity contribution < 1.29 is 22.3 Å². The Morgan fingerprint density at radius 2 is 1.75 bits per heavy atom. The normalized spacial score (nSPS) is 18.5. The van der Waals surface area contributed by atoms with Gasteiger partial charge in [0.2, 0.25) is 0 Å². The minimum Gasteiger partial charge on any atom is -0.492 e. The number of halogens is 4. The van der Waals surface area contributed by atoms with Crippen molar-refractivity contribution in [3.8, 4) is 0 Å². The molecule has 0 heterocycles. The van der Waals surface area contributed by atoms with E-state index in [0.717, 1.165) is 13.2 Å². The van der Waals surface area contributed by atoms with Gasteiger partial charge in [0.25, 0.3) is 6.43 Å². The largest absolute Gasteiger partial charge is 0.492 e. The summed E-state index contributed by atoms with van der Waals surface area (Å²) in [7, 11) is 0. The van der Waals surface area contributed by atoms with Crippen LogP contribution >= 0.6 is 0 Å². The van der Waals surface area contributed by atoms with Gasteiger partial charge in [0.05, 0.1) is 6.26 Å². The first-order chi connectivity index (χ1) is 5.50. The Labute approximate surface area is 68.0 Å². The molecule has 0 aromatic heterocycles. The Morgan fingerprint density at radius 1 is 1.25 bits per heavy atom. The Bertz CT molecular complexity index is 137. The second-order valence-electron chi connectivity index (χ2n) is 2.22. The van der Waals surface area contributed by atoms with Gasteiger partial charge in [-0.2, -0.15) is 0 Å². The molecule has 0 saturated carbocycles. The van der Waals surface area contributed by atoms with Gasteiger partial charge < -0.3 is 4.74 Å². The monoisotopic (exact) mass is 186 g/mol. The van der Waals surface area contributed by atoms with E-state index in [9.17, 15) is 17.6 Å². The van der Waals surface area contributed by atoms with Gasteiger partial charge in [0, 0.05) is 0 Å². The van der Waals surface area contributed by atoms with Crippen LogP contribution in [0.4, 0.5) is 17.6 Å². The SMILES string of the molecule is C=COC(C(C)F)C(F)C(F)F. The second-order valence-corrected chi connectivity index (χ2v) is 2.22. The minimum absolute atomic E-state index is 0.746. The molecule has 0 spiro atoms. The molecular formula is C7H10F4O. The number of hydrogen-bond acceptors (Lipinski definition) is 1. The molecule has 0 amide bonds. The van der Waals surface area contributed by atoms with Crippen molar-refractivity contribution in [1.82, 2.24) is 0 Å². The molecule has 0 aromatic rings. The molecule has 0 aliphatic heterocycles. The third kappa shape index (κ3) is 3.11. The van der Waals surface area contributed by atoms with E-state index in [0.29, 0.717) is 0 Å². The van der Waals surface area contributed by atoms with Crippen LogP contribution in [0.25, 0.3) is 0 Å². The molecule has 3 unspecified atom stereocenters.